The van der Waals surface area contributed by atoms with E-state index < -0.39 is 15.3 Å². The van der Waals surface area contributed by atoms with Crippen LogP contribution in [0.1, 0.15) is 50.3 Å². The van der Waals surface area contributed by atoms with Crippen LogP contribution in [0.2, 0.25) is 0 Å². The van der Waals surface area contributed by atoms with E-state index in [9.17, 15) is 13.2 Å². The van der Waals surface area contributed by atoms with E-state index >= 15 is 0 Å². The van der Waals surface area contributed by atoms with Crippen molar-refractivity contribution in [2.45, 2.75) is 62.8 Å². The van der Waals surface area contributed by atoms with Crippen LogP contribution in [0, 0.1) is 6.92 Å². The predicted octanol–water partition coefficient (Wildman–Crippen LogP) is 2.15. The average molecular weight is 545 g/mol. The van der Waals surface area contributed by atoms with Crippen LogP contribution in [0.3, 0.4) is 0 Å². The van der Waals surface area contributed by atoms with Crippen molar-refractivity contribution in [1.29, 1.82) is 0 Å². The first-order chi connectivity index (χ1) is 18.2. The fourth-order valence-electron chi connectivity index (χ4n) is 5.06. The maximum atomic E-state index is 14.0. The lowest BCUT2D eigenvalue weighted by molar-refractivity contribution is 0.00169. The summed E-state index contributed by atoms with van der Waals surface area (Å²) in [7, 11) is -2.17. The Labute approximate surface area is 220 Å². The minimum Gasteiger partial charge on any atom is -0.480 e. The lowest BCUT2D eigenvalue weighted by Crippen LogP contribution is -2.32. The highest BCUT2D eigenvalue weighted by Gasteiger charge is 2.36. The molecule has 0 saturated heterocycles. The normalized spacial score (nSPS) is 20.0. The van der Waals surface area contributed by atoms with E-state index in [1.807, 2.05) is 0 Å². The number of fused-ring (bicyclic) bond motifs is 1. The molecule has 204 valence electrons. The minimum atomic E-state index is -3.58. The fourth-order valence-corrected chi connectivity index (χ4v) is 6.43. The molecule has 3 heterocycles. The second-order valence-electron chi connectivity index (χ2n) is 9.79. The molecule has 13 heteroatoms. The molecule has 2 aliphatic rings. The van der Waals surface area contributed by atoms with Crippen molar-refractivity contribution in [3.05, 3.63) is 34.4 Å². The summed E-state index contributed by atoms with van der Waals surface area (Å²) in [6.07, 6.45) is 5.58. The number of hydrogen-bond donors (Lipinski definition) is 3. The van der Waals surface area contributed by atoms with Crippen LogP contribution in [0.5, 0.6) is 5.88 Å². The highest BCUT2D eigenvalue weighted by molar-refractivity contribution is 7.93. The first-order valence-electron chi connectivity index (χ1n) is 12.7. The van der Waals surface area contributed by atoms with Crippen molar-refractivity contribution in [1.82, 2.24) is 19.5 Å². The van der Waals surface area contributed by atoms with Gasteiger partial charge in [-0.15, -0.1) is 0 Å². The van der Waals surface area contributed by atoms with E-state index in [1.165, 1.54) is 13.3 Å². The van der Waals surface area contributed by atoms with Crippen molar-refractivity contribution in [2.75, 3.05) is 30.8 Å². The molecule has 4 N–H and O–H groups in total. The highest BCUT2D eigenvalue weighted by atomic mass is 32.2. The molecule has 0 amide bonds. The van der Waals surface area contributed by atoms with Gasteiger partial charge < -0.3 is 20.3 Å². The summed E-state index contributed by atoms with van der Waals surface area (Å²) in [5.74, 6) is 0.200. The van der Waals surface area contributed by atoms with Gasteiger partial charge in [0.05, 0.1) is 37.4 Å². The summed E-state index contributed by atoms with van der Waals surface area (Å²) in [4.78, 5) is 27.1. The zero-order valence-corrected chi connectivity index (χ0v) is 22.2. The van der Waals surface area contributed by atoms with Gasteiger partial charge in [-0.25, -0.2) is 18.4 Å². The van der Waals surface area contributed by atoms with Gasteiger partial charge in [0.1, 0.15) is 11.3 Å². The summed E-state index contributed by atoms with van der Waals surface area (Å²) in [5, 5.41) is 9.31. The quantitative estimate of drug-likeness (QED) is 0.362. The van der Waals surface area contributed by atoms with Gasteiger partial charge in [0, 0.05) is 28.8 Å². The molecule has 38 heavy (non-hydrogen) atoms. The molecule has 3 aromatic heterocycles. The Bertz CT molecular complexity index is 1510. The van der Waals surface area contributed by atoms with Crippen molar-refractivity contribution in [3.63, 3.8) is 0 Å². The van der Waals surface area contributed by atoms with E-state index in [4.69, 9.17) is 20.3 Å². The molecule has 0 atom stereocenters. The number of anilines is 2. The topological polar surface area (TPSA) is 172 Å². The van der Waals surface area contributed by atoms with E-state index in [0.717, 1.165) is 12.8 Å². The minimum absolute atomic E-state index is 0.0258. The maximum Gasteiger partial charge on any atom is 0.260 e. The Morgan fingerprint density at radius 3 is 2.55 bits per heavy atom. The lowest BCUT2D eigenvalue weighted by atomic mass is 9.92. The van der Waals surface area contributed by atoms with Gasteiger partial charge in [-0.3, -0.25) is 14.1 Å². The maximum absolute atomic E-state index is 14.0. The number of nitrogens with two attached hydrogens (primary N) is 1. The molecule has 12 nitrogen and oxygen atoms in total. The van der Waals surface area contributed by atoms with Crippen molar-refractivity contribution in [3.8, 4) is 17.0 Å². The molecule has 0 unspecified atom stereocenters. The number of nitrogens with zero attached hydrogens (tertiary/aromatic N) is 4. The first kappa shape index (κ1) is 26.3. The largest absolute Gasteiger partial charge is 0.480 e. The van der Waals surface area contributed by atoms with Crippen LogP contribution in [-0.4, -0.2) is 64.7 Å². The number of methoxy groups -OCH3 is 1. The predicted molar refractivity (Wildman–Crippen MR) is 143 cm³/mol. The third-order valence-corrected chi connectivity index (χ3v) is 8.98. The van der Waals surface area contributed by atoms with Crippen LogP contribution in [0.4, 0.5) is 11.6 Å². The molecule has 2 aliphatic carbocycles. The van der Waals surface area contributed by atoms with Gasteiger partial charge >= 0.3 is 0 Å². The van der Waals surface area contributed by atoms with E-state index in [1.54, 1.807) is 23.6 Å². The van der Waals surface area contributed by atoms with Crippen LogP contribution in [0.15, 0.2) is 23.1 Å². The van der Waals surface area contributed by atoms with Gasteiger partial charge in [-0.1, -0.05) is 0 Å². The molecule has 5 rings (SSSR count). The number of hydrogen-bond acceptors (Lipinski definition) is 10. The fraction of sp³-hybridized carbons (Fsp3) is 0.520. The molecular weight excluding hydrogens is 512 g/mol. The number of nitrogens with one attached hydrogen (secondary N) is 1. The Balaban J connectivity index is 1.60. The highest BCUT2D eigenvalue weighted by Crippen LogP contribution is 2.36. The van der Waals surface area contributed by atoms with Gasteiger partial charge in [-0.05, 0) is 57.6 Å². The first-order valence-corrected chi connectivity index (χ1v) is 14.2. The third-order valence-electron chi connectivity index (χ3n) is 7.12. The van der Waals surface area contributed by atoms with E-state index in [0.29, 0.717) is 53.5 Å². The SMILES string of the molecule is COc1ncc(-c2cc3c(C)nc(N)nc3n(C3CCC(OCCO)CC3)c2=O)cc1NS(=O)(=O)C1CC1. The van der Waals surface area contributed by atoms with Crippen LogP contribution < -0.4 is 20.8 Å². The number of aliphatic hydroxyl groups excluding tert-OH is 1. The Hall–Kier alpha value is -3.29. The third kappa shape index (κ3) is 5.18. The van der Waals surface area contributed by atoms with Gasteiger partial charge in [0.2, 0.25) is 21.9 Å². The number of pyridine rings is 2. The van der Waals surface area contributed by atoms with Gasteiger partial charge in [0.25, 0.3) is 5.56 Å². The zero-order chi connectivity index (χ0) is 27.0. The second kappa shape index (κ2) is 10.5. The van der Waals surface area contributed by atoms with Crippen molar-refractivity contribution in [2.24, 2.45) is 0 Å². The number of nitrogen functional groups attached to an aromatic ring is 1. The standard InChI is InChI=1S/C25H32N6O6S/c1-14-19-12-20(15-11-21(23(36-2)27-13-15)30-38(34,35)18-7-8-18)24(33)31(22(19)29-25(26)28-14)16-3-5-17(6-4-16)37-10-9-32/h11-13,16-18,30,32H,3-10H2,1-2H3,(H2,26,28,29). The molecular formula is C25H32N6O6S. The van der Waals surface area contributed by atoms with E-state index in [2.05, 4.69) is 19.7 Å². The van der Waals surface area contributed by atoms with Crippen LogP contribution in [0.25, 0.3) is 22.2 Å². The van der Waals surface area contributed by atoms with Crippen LogP contribution >= 0.6 is 0 Å². The lowest BCUT2D eigenvalue weighted by Gasteiger charge is -2.30. The molecule has 0 spiro atoms. The molecule has 2 saturated carbocycles. The second-order valence-corrected chi connectivity index (χ2v) is 11.8. The van der Waals surface area contributed by atoms with Crippen molar-refractivity contribution < 1.29 is 23.0 Å². The summed E-state index contributed by atoms with van der Waals surface area (Å²) in [5.41, 5.74) is 7.73. The number of aryl methyl sites for hydroxylation is 1. The number of sulfonamides is 1. The molecule has 0 aromatic carbocycles. The Morgan fingerprint density at radius 1 is 1.16 bits per heavy atom. The summed E-state index contributed by atoms with van der Waals surface area (Å²) < 4.78 is 40.5. The zero-order valence-electron chi connectivity index (χ0n) is 21.4. The van der Waals surface area contributed by atoms with Gasteiger partial charge in [-0.2, -0.15) is 4.98 Å². The summed E-state index contributed by atoms with van der Waals surface area (Å²) >= 11 is 0. The average Bonchev–Trinajstić information content (AvgIpc) is 3.74. The number of ether oxygens (including phenoxy) is 2. The summed E-state index contributed by atoms with van der Waals surface area (Å²) in [6.45, 7) is 2.06. The van der Waals surface area contributed by atoms with Gasteiger partial charge in [0.15, 0.2) is 0 Å². The molecule has 3 aromatic rings. The monoisotopic (exact) mass is 544 g/mol. The smallest absolute Gasteiger partial charge is 0.260 e. The van der Waals surface area contributed by atoms with Crippen LogP contribution in [-0.2, 0) is 14.8 Å². The number of aliphatic hydroxyl groups is 1. The van der Waals surface area contributed by atoms with E-state index in [-0.39, 0.29) is 48.4 Å². The Kier molecular flexibility index (Phi) is 7.25. The number of rotatable bonds is 9. The number of aromatic nitrogens is 4. The summed E-state index contributed by atoms with van der Waals surface area (Å²) in [6, 6.07) is 3.14. The molecule has 0 radical (unpaired) electrons. The molecule has 2 fully saturated rings. The molecule has 0 bridgehead atoms. The molecule has 0 aliphatic heterocycles. The van der Waals surface area contributed by atoms with Crippen molar-refractivity contribution >= 4 is 32.7 Å². The Morgan fingerprint density at radius 2 is 1.89 bits per heavy atom.